The van der Waals surface area contributed by atoms with Gasteiger partial charge in [0.2, 0.25) is 0 Å². The summed E-state index contributed by atoms with van der Waals surface area (Å²) in [5, 5.41) is 4.07. The number of methoxy groups -OCH3 is 1. The number of amides is 1. The zero-order valence-electron chi connectivity index (χ0n) is 16.6. The van der Waals surface area contributed by atoms with Crippen LogP contribution in [0.3, 0.4) is 0 Å². The molecule has 0 saturated carbocycles. The second kappa shape index (κ2) is 8.94. The number of carbonyl (C=O) groups excluding carboxylic acids is 1. The standard InChI is InChI=1S/C22H22FN3O4/c1-28-19-5-3-2-4-18(19)22(27)26-12-10-15(11-13-26)21-24-20(30-25-21)14-29-17-8-6-16(23)7-9-17/h2-9,15H,10-14H2,1H3. The lowest BCUT2D eigenvalue weighted by molar-refractivity contribution is 0.0707. The lowest BCUT2D eigenvalue weighted by Gasteiger charge is -2.31. The number of para-hydroxylation sites is 1. The predicted molar refractivity (Wildman–Crippen MR) is 106 cm³/mol. The average Bonchev–Trinajstić information content (AvgIpc) is 3.27. The van der Waals surface area contributed by atoms with E-state index in [4.69, 9.17) is 14.0 Å². The number of hydrogen-bond acceptors (Lipinski definition) is 6. The van der Waals surface area contributed by atoms with Crippen LogP contribution in [0.25, 0.3) is 0 Å². The smallest absolute Gasteiger partial charge is 0.264 e. The molecule has 1 fully saturated rings. The van der Waals surface area contributed by atoms with E-state index in [9.17, 15) is 9.18 Å². The Hall–Kier alpha value is -3.42. The number of ether oxygens (including phenoxy) is 2. The van der Waals surface area contributed by atoms with Crippen molar-refractivity contribution in [3.05, 3.63) is 71.6 Å². The molecule has 30 heavy (non-hydrogen) atoms. The lowest BCUT2D eigenvalue weighted by Crippen LogP contribution is -2.38. The highest BCUT2D eigenvalue weighted by atomic mass is 19.1. The van der Waals surface area contributed by atoms with Crippen LogP contribution in [0.2, 0.25) is 0 Å². The molecule has 3 aromatic rings. The van der Waals surface area contributed by atoms with Gasteiger partial charge in [0.1, 0.15) is 17.3 Å². The van der Waals surface area contributed by atoms with Crippen molar-refractivity contribution in [2.75, 3.05) is 20.2 Å². The van der Waals surface area contributed by atoms with Crippen molar-refractivity contribution in [1.82, 2.24) is 15.0 Å². The minimum Gasteiger partial charge on any atom is -0.496 e. The van der Waals surface area contributed by atoms with E-state index >= 15 is 0 Å². The molecule has 2 aromatic carbocycles. The van der Waals surface area contributed by atoms with Crippen molar-refractivity contribution >= 4 is 5.91 Å². The number of likely N-dealkylation sites (tertiary alicyclic amines) is 1. The van der Waals surface area contributed by atoms with Crippen LogP contribution in [0.5, 0.6) is 11.5 Å². The van der Waals surface area contributed by atoms with E-state index in [0.717, 1.165) is 12.8 Å². The number of carbonyl (C=O) groups is 1. The van der Waals surface area contributed by atoms with Crippen molar-refractivity contribution in [3.63, 3.8) is 0 Å². The molecule has 0 radical (unpaired) electrons. The van der Waals surface area contributed by atoms with Gasteiger partial charge in [-0.2, -0.15) is 4.98 Å². The third-order valence-electron chi connectivity index (χ3n) is 5.14. The van der Waals surface area contributed by atoms with Crippen LogP contribution in [0, 0.1) is 5.82 Å². The Morgan fingerprint density at radius 3 is 2.63 bits per heavy atom. The normalized spacial score (nSPS) is 14.5. The van der Waals surface area contributed by atoms with Crippen molar-refractivity contribution < 1.29 is 23.2 Å². The molecule has 1 aromatic heterocycles. The second-order valence-corrected chi connectivity index (χ2v) is 7.06. The molecule has 4 rings (SSSR count). The fourth-order valence-electron chi connectivity index (χ4n) is 3.50. The van der Waals surface area contributed by atoms with Gasteiger partial charge in [0, 0.05) is 19.0 Å². The zero-order chi connectivity index (χ0) is 20.9. The summed E-state index contributed by atoms with van der Waals surface area (Å²) in [6.07, 6.45) is 1.50. The molecule has 0 aliphatic carbocycles. The maximum atomic E-state index is 12.9. The SMILES string of the molecule is COc1ccccc1C(=O)N1CCC(c2noc(COc3ccc(F)cc3)n2)CC1. The third kappa shape index (κ3) is 4.42. The number of piperidine rings is 1. The number of aromatic nitrogens is 2. The molecule has 8 heteroatoms. The second-order valence-electron chi connectivity index (χ2n) is 7.06. The van der Waals surface area contributed by atoms with Gasteiger partial charge in [-0.15, -0.1) is 0 Å². The summed E-state index contributed by atoms with van der Waals surface area (Å²) in [6.45, 7) is 1.33. The molecule has 0 unspecified atom stereocenters. The monoisotopic (exact) mass is 411 g/mol. The molecule has 0 N–H and O–H groups in total. The largest absolute Gasteiger partial charge is 0.496 e. The Labute approximate surface area is 173 Å². The third-order valence-corrected chi connectivity index (χ3v) is 5.14. The minimum atomic E-state index is -0.321. The fraction of sp³-hybridized carbons (Fsp3) is 0.318. The van der Waals surface area contributed by atoms with Crippen LogP contribution in [0.15, 0.2) is 53.1 Å². The Morgan fingerprint density at radius 1 is 1.17 bits per heavy atom. The first kappa shape index (κ1) is 19.9. The molecule has 2 heterocycles. The summed E-state index contributed by atoms with van der Waals surface area (Å²) in [4.78, 5) is 19.1. The van der Waals surface area contributed by atoms with Gasteiger partial charge >= 0.3 is 0 Å². The van der Waals surface area contributed by atoms with Gasteiger partial charge in [-0.3, -0.25) is 4.79 Å². The molecular weight excluding hydrogens is 389 g/mol. The summed E-state index contributed by atoms with van der Waals surface area (Å²) >= 11 is 0. The van der Waals surface area contributed by atoms with Gasteiger partial charge in [0.05, 0.1) is 12.7 Å². The highest BCUT2D eigenvalue weighted by molar-refractivity contribution is 5.97. The summed E-state index contributed by atoms with van der Waals surface area (Å²) in [7, 11) is 1.56. The Bertz CT molecular complexity index is 998. The maximum absolute atomic E-state index is 12.9. The molecule has 7 nitrogen and oxygen atoms in total. The summed E-state index contributed by atoms with van der Waals surface area (Å²) < 4.78 is 29.1. The molecule has 1 aliphatic rings. The zero-order valence-corrected chi connectivity index (χ0v) is 16.6. The van der Waals surface area contributed by atoms with Gasteiger partial charge in [-0.1, -0.05) is 17.3 Å². The number of benzene rings is 2. The van der Waals surface area contributed by atoms with E-state index < -0.39 is 0 Å². The van der Waals surface area contributed by atoms with Crippen molar-refractivity contribution in [3.8, 4) is 11.5 Å². The molecular formula is C22H22FN3O4. The average molecular weight is 411 g/mol. The van der Waals surface area contributed by atoms with Crippen LogP contribution < -0.4 is 9.47 Å². The molecule has 0 atom stereocenters. The van der Waals surface area contributed by atoms with E-state index in [1.54, 1.807) is 31.4 Å². The van der Waals surface area contributed by atoms with Crippen molar-refractivity contribution in [2.24, 2.45) is 0 Å². The Morgan fingerprint density at radius 2 is 1.90 bits per heavy atom. The van der Waals surface area contributed by atoms with E-state index in [0.29, 0.717) is 41.9 Å². The highest BCUT2D eigenvalue weighted by Gasteiger charge is 2.28. The quantitative estimate of drug-likeness (QED) is 0.614. The van der Waals surface area contributed by atoms with Gasteiger partial charge in [-0.25, -0.2) is 4.39 Å². The summed E-state index contributed by atoms with van der Waals surface area (Å²) in [5.74, 6) is 1.85. The van der Waals surface area contributed by atoms with Crippen LogP contribution in [0.1, 0.15) is 40.8 Å². The topological polar surface area (TPSA) is 77.7 Å². The highest BCUT2D eigenvalue weighted by Crippen LogP contribution is 2.28. The number of rotatable bonds is 6. The predicted octanol–water partition coefficient (Wildman–Crippen LogP) is 3.82. The first-order valence-corrected chi connectivity index (χ1v) is 9.77. The maximum Gasteiger partial charge on any atom is 0.264 e. The molecule has 1 aliphatic heterocycles. The first-order valence-electron chi connectivity index (χ1n) is 9.77. The van der Waals surface area contributed by atoms with Crippen LogP contribution in [-0.2, 0) is 6.61 Å². The fourth-order valence-corrected chi connectivity index (χ4v) is 3.50. The first-order chi connectivity index (χ1) is 14.6. The van der Waals surface area contributed by atoms with E-state index in [2.05, 4.69) is 10.1 Å². The van der Waals surface area contributed by atoms with Crippen LogP contribution in [0.4, 0.5) is 4.39 Å². The lowest BCUT2D eigenvalue weighted by atomic mass is 9.95. The van der Waals surface area contributed by atoms with Gasteiger partial charge in [0.15, 0.2) is 12.4 Å². The number of hydrogen-bond donors (Lipinski definition) is 0. The minimum absolute atomic E-state index is 0.0348. The molecule has 1 amide bonds. The van der Waals surface area contributed by atoms with Gasteiger partial charge in [-0.05, 0) is 49.2 Å². The van der Waals surface area contributed by atoms with Crippen LogP contribution >= 0.6 is 0 Å². The number of nitrogens with zero attached hydrogens (tertiary/aromatic N) is 3. The van der Waals surface area contributed by atoms with E-state index in [-0.39, 0.29) is 24.2 Å². The summed E-state index contributed by atoms with van der Waals surface area (Å²) in [6, 6.07) is 13.0. The van der Waals surface area contributed by atoms with Crippen molar-refractivity contribution in [2.45, 2.75) is 25.4 Å². The number of halogens is 1. The molecule has 0 bridgehead atoms. The van der Waals surface area contributed by atoms with Crippen LogP contribution in [-0.4, -0.2) is 41.1 Å². The summed E-state index contributed by atoms with van der Waals surface area (Å²) in [5.41, 5.74) is 0.568. The molecule has 0 spiro atoms. The van der Waals surface area contributed by atoms with Crippen molar-refractivity contribution in [1.29, 1.82) is 0 Å². The van der Waals surface area contributed by atoms with E-state index in [1.165, 1.54) is 12.1 Å². The Kier molecular flexibility index (Phi) is 5.92. The molecule has 156 valence electrons. The van der Waals surface area contributed by atoms with Gasteiger partial charge < -0.3 is 18.9 Å². The molecule has 1 saturated heterocycles. The Balaban J connectivity index is 1.32. The van der Waals surface area contributed by atoms with Gasteiger partial charge in [0.25, 0.3) is 11.8 Å². The van der Waals surface area contributed by atoms with E-state index in [1.807, 2.05) is 17.0 Å².